The van der Waals surface area contributed by atoms with Crippen molar-refractivity contribution in [1.82, 2.24) is 10.2 Å². The predicted molar refractivity (Wildman–Crippen MR) is 75.6 cm³/mol. The van der Waals surface area contributed by atoms with E-state index in [1.165, 1.54) is 0 Å². The fraction of sp³-hybridized carbons (Fsp3) is 0.857. The first-order chi connectivity index (χ1) is 9.51. The van der Waals surface area contributed by atoms with Crippen LogP contribution in [0.15, 0.2) is 0 Å². The van der Waals surface area contributed by atoms with Crippen molar-refractivity contribution in [2.45, 2.75) is 51.6 Å². The Morgan fingerprint density at radius 2 is 2.05 bits per heavy atom. The number of rotatable bonds is 6. The third-order valence-corrected chi connectivity index (χ3v) is 3.93. The van der Waals surface area contributed by atoms with E-state index in [0.29, 0.717) is 19.6 Å². The number of carbonyl (C=O) groups is 2. The maximum absolute atomic E-state index is 12.3. The summed E-state index contributed by atoms with van der Waals surface area (Å²) in [5.41, 5.74) is 0. The summed E-state index contributed by atoms with van der Waals surface area (Å²) in [5.74, 6) is -1.29. The molecule has 1 rings (SSSR count). The summed E-state index contributed by atoms with van der Waals surface area (Å²) < 4.78 is 5.07. The first-order valence-electron chi connectivity index (χ1n) is 7.30. The van der Waals surface area contributed by atoms with Crippen molar-refractivity contribution < 1.29 is 19.4 Å². The fourth-order valence-corrected chi connectivity index (χ4v) is 2.83. The molecule has 1 saturated carbocycles. The summed E-state index contributed by atoms with van der Waals surface area (Å²) in [4.78, 5) is 25.2. The van der Waals surface area contributed by atoms with Crippen molar-refractivity contribution >= 4 is 12.0 Å². The van der Waals surface area contributed by atoms with Gasteiger partial charge in [-0.25, -0.2) is 4.79 Å². The van der Waals surface area contributed by atoms with Crippen molar-refractivity contribution in [3.63, 3.8) is 0 Å². The highest BCUT2D eigenvalue weighted by molar-refractivity contribution is 5.77. The highest BCUT2D eigenvalue weighted by Crippen LogP contribution is 2.24. The Morgan fingerprint density at radius 3 is 2.60 bits per heavy atom. The van der Waals surface area contributed by atoms with Crippen LogP contribution in [0.5, 0.6) is 0 Å². The molecule has 0 aromatic carbocycles. The largest absolute Gasteiger partial charge is 0.481 e. The number of nitrogens with zero attached hydrogens (tertiary/aromatic N) is 1. The Bertz CT molecular complexity index is 335. The summed E-state index contributed by atoms with van der Waals surface area (Å²) in [6.07, 6.45) is 3.26. The van der Waals surface area contributed by atoms with Crippen molar-refractivity contribution in [2.24, 2.45) is 5.92 Å². The van der Waals surface area contributed by atoms with Gasteiger partial charge in [0.05, 0.1) is 18.6 Å². The lowest BCUT2D eigenvalue weighted by atomic mass is 9.84. The quantitative estimate of drug-likeness (QED) is 0.779. The fourth-order valence-electron chi connectivity index (χ4n) is 2.83. The zero-order chi connectivity index (χ0) is 15.1. The standard InChI is InChI=1S/C14H26N2O4/c1-4-16(10(2)9-20-3)14(19)15-12-8-6-5-7-11(12)13(17)18/h10-12H,4-9H2,1-3H3,(H,15,19)(H,17,18). The highest BCUT2D eigenvalue weighted by atomic mass is 16.5. The normalized spacial score (nSPS) is 23.9. The van der Waals surface area contributed by atoms with E-state index in [4.69, 9.17) is 4.74 Å². The van der Waals surface area contributed by atoms with Crippen molar-refractivity contribution in [1.29, 1.82) is 0 Å². The van der Waals surface area contributed by atoms with Gasteiger partial charge in [-0.3, -0.25) is 4.79 Å². The molecule has 1 aliphatic carbocycles. The molecule has 116 valence electrons. The smallest absolute Gasteiger partial charge is 0.317 e. The minimum atomic E-state index is -0.817. The van der Waals surface area contributed by atoms with Gasteiger partial charge in [-0.2, -0.15) is 0 Å². The van der Waals surface area contributed by atoms with Gasteiger partial charge in [0, 0.05) is 19.7 Å². The molecule has 0 aromatic heterocycles. The maximum Gasteiger partial charge on any atom is 0.317 e. The molecule has 0 aromatic rings. The molecule has 0 heterocycles. The number of hydrogen-bond acceptors (Lipinski definition) is 3. The van der Waals surface area contributed by atoms with E-state index in [1.807, 2.05) is 13.8 Å². The number of hydrogen-bond donors (Lipinski definition) is 2. The van der Waals surface area contributed by atoms with Gasteiger partial charge in [-0.15, -0.1) is 0 Å². The first kappa shape index (κ1) is 16.8. The van der Waals surface area contributed by atoms with Gasteiger partial charge in [0.15, 0.2) is 0 Å². The zero-order valence-electron chi connectivity index (χ0n) is 12.6. The van der Waals surface area contributed by atoms with Crippen LogP contribution >= 0.6 is 0 Å². The van der Waals surface area contributed by atoms with E-state index in [-0.39, 0.29) is 18.1 Å². The lowest BCUT2D eigenvalue weighted by Crippen LogP contribution is -2.53. The number of amides is 2. The SMILES string of the molecule is CCN(C(=O)NC1CCCCC1C(=O)O)C(C)COC. The number of carboxylic acid groups (broad SMARTS) is 1. The van der Waals surface area contributed by atoms with E-state index >= 15 is 0 Å². The topological polar surface area (TPSA) is 78.9 Å². The Labute approximate surface area is 120 Å². The Balaban J connectivity index is 2.64. The summed E-state index contributed by atoms with van der Waals surface area (Å²) in [6.45, 7) is 4.86. The molecule has 2 N–H and O–H groups in total. The summed E-state index contributed by atoms with van der Waals surface area (Å²) in [5, 5.41) is 12.1. The first-order valence-corrected chi connectivity index (χ1v) is 7.30. The molecular formula is C14H26N2O4. The molecule has 3 atom stereocenters. The minimum Gasteiger partial charge on any atom is -0.481 e. The monoisotopic (exact) mass is 286 g/mol. The van der Waals surface area contributed by atoms with Gasteiger partial charge in [-0.05, 0) is 26.7 Å². The van der Waals surface area contributed by atoms with Crippen LogP contribution in [-0.4, -0.2) is 54.4 Å². The van der Waals surface area contributed by atoms with Crippen LogP contribution in [0.4, 0.5) is 4.79 Å². The molecule has 0 radical (unpaired) electrons. The maximum atomic E-state index is 12.3. The van der Waals surface area contributed by atoms with Crippen LogP contribution in [0, 0.1) is 5.92 Å². The van der Waals surface area contributed by atoms with Crippen molar-refractivity contribution in [2.75, 3.05) is 20.3 Å². The summed E-state index contributed by atoms with van der Waals surface area (Å²) in [6, 6.07) is -0.496. The third kappa shape index (κ3) is 4.37. The summed E-state index contributed by atoms with van der Waals surface area (Å²) in [7, 11) is 1.60. The number of methoxy groups -OCH3 is 1. The lowest BCUT2D eigenvalue weighted by molar-refractivity contribution is -0.143. The van der Waals surface area contributed by atoms with E-state index in [1.54, 1.807) is 12.0 Å². The average Bonchev–Trinajstić information content (AvgIpc) is 2.40. The molecule has 2 amide bonds. The number of aliphatic carboxylic acids is 1. The number of carboxylic acids is 1. The lowest BCUT2D eigenvalue weighted by Gasteiger charge is -2.33. The zero-order valence-corrected chi connectivity index (χ0v) is 12.6. The van der Waals surface area contributed by atoms with Crippen LogP contribution < -0.4 is 5.32 Å². The average molecular weight is 286 g/mol. The Kier molecular flexibility index (Phi) is 6.78. The van der Waals surface area contributed by atoms with Gasteiger partial charge < -0.3 is 20.1 Å². The van der Waals surface area contributed by atoms with Crippen LogP contribution in [0.3, 0.4) is 0 Å². The molecular weight excluding hydrogens is 260 g/mol. The van der Waals surface area contributed by atoms with E-state index in [2.05, 4.69) is 5.32 Å². The van der Waals surface area contributed by atoms with Gasteiger partial charge in [0.25, 0.3) is 0 Å². The van der Waals surface area contributed by atoms with Crippen LogP contribution in [0.25, 0.3) is 0 Å². The van der Waals surface area contributed by atoms with Gasteiger partial charge in [0.2, 0.25) is 0 Å². The number of carbonyl (C=O) groups excluding carboxylic acids is 1. The number of ether oxygens (including phenoxy) is 1. The number of urea groups is 1. The predicted octanol–water partition coefficient (Wildman–Crippen LogP) is 1.70. The Hall–Kier alpha value is -1.30. The molecule has 3 unspecified atom stereocenters. The second-order valence-corrected chi connectivity index (χ2v) is 5.38. The highest BCUT2D eigenvalue weighted by Gasteiger charge is 2.33. The molecule has 0 bridgehead atoms. The van der Waals surface area contributed by atoms with E-state index in [9.17, 15) is 14.7 Å². The summed E-state index contributed by atoms with van der Waals surface area (Å²) >= 11 is 0. The molecule has 6 nitrogen and oxygen atoms in total. The molecule has 1 aliphatic rings. The molecule has 0 aliphatic heterocycles. The van der Waals surface area contributed by atoms with Crippen LogP contribution in [0.1, 0.15) is 39.5 Å². The molecule has 1 fully saturated rings. The van der Waals surface area contributed by atoms with Gasteiger partial charge in [-0.1, -0.05) is 12.8 Å². The van der Waals surface area contributed by atoms with Crippen LogP contribution in [0.2, 0.25) is 0 Å². The van der Waals surface area contributed by atoms with Gasteiger partial charge >= 0.3 is 12.0 Å². The molecule has 20 heavy (non-hydrogen) atoms. The molecule has 0 spiro atoms. The number of nitrogens with one attached hydrogen (secondary N) is 1. The minimum absolute atomic E-state index is 0.0307. The molecule has 0 saturated heterocycles. The molecule has 6 heteroatoms. The van der Waals surface area contributed by atoms with Crippen LogP contribution in [-0.2, 0) is 9.53 Å². The second kappa shape index (κ2) is 8.09. The van der Waals surface area contributed by atoms with Gasteiger partial charge in [0.1, 0.15) is 0 Å². The van der Waals surface area contributed by atoms with Crippen molar-refractivity contribution in [3.8, 4) is 0 Å². The van der Waals surface area contributed by atoms with E-state index in [0.717, 1.165) is 19.3 Å². The van der Waals surface area contributed by atoms with Crippen molar-refractivity contribution in [3.05, 3.63) is 0 Å². The Morgan fingerprint density at radius 1 is 1.40 bits per heavy atom. The van der Waals surface area contributed by atoms with E-state index < -0.39 is 11.9 Å². The second-order valence-electron chi connectivity index (χ2n) is 5.38. The third-order valence-electron chi connectivity index (χ3n) is 3.93. The number of likely N-dealkylation sites (N-methyl/N-ethyl adjacent to an activating group) is 1.